The number of hydrogen-bond acceptors (Lipinski definition) is 2. The minimum Gasteiger partial charge on any atom is -0.349 e. The zero-order valence-corrected chi connectivity index (χ0v) is 6.53. The highest BCUT2D eigenvalue weighted by Crippen LogP contribution is 1.95. The Morgan fingerprint density at radius 2 is 2.09 bits per heavy atom. The Hall–Kier alpha value is -0.710. The van der Waals surface area contributed by atoms with Crippen molar-refractivity contribution in [1.82, 2.24) is 5.32 Å². The first-order chi connectivity index (χ1) is 4.83. The molecule has 5 heteroatoms. The number of amides is 1. The van der Waals surface area contributed by atoms with E-state index < -0.39 is 17.9 Å². The molecule has 0 rings (SSSR count). The second kappa shape index (κ2) is 3.61. The summed E-state index contributed by atoms with van der Waals surface area (Å²) in [6.07, 6.45) is -2.96. The number of halogens is 2. The van der Waals surface area contributed by atoms with Crippen LogP contribution in [0.4, 0.5) is 8.78 Å². The van der Waals surface area contributed by atoms with E-state index >= 15 is 0 Å². The van der Waals surface area contributed by atoms with Crippen molar-refractivity contribution < 1.29 is 13.6 Å². The molecule has 0 aromatic carbocycles. The van der Waals surface area contributed by atoms with Crippen molar-refractivity contribution in [3.63, 3.8) is 0 Å². The minimum atomic E-state index is -2.96. The third kappa shape index (κ3) is 5.72. The fraction of sp³-hybridized carbons (Fsp3) is 0.833. The second-order valence-corrected chi connectivity index (χ2v) is 3.01. The van der Waals surface area contributed by atoms with Gasteiger partial charge in [0.1, 0.15) is 0 Å². The maximum absolute atomic E-state index is 11.6. The van der Waals surface area contributed by atoms with Crippen LogP contribution in [0.15, 0.2) is 0 Å². The van der Waals surface area contributed by atoms with Gasteiger partial charge in [0.25, 0.3) is 5.91 Å². The molecule has 0 aromatic rings. The number of carbonyl (C=O) groups excluding carboxylic acids is 1. The van der Waals surface area contributed by atoms with Gasteiger partial charge in [0.15, 0.2) is 0 Å². The van der Waals surface area contributed by atoms with Crippen LogP contribution in [0.25, 0.3) is 0 Å². The predicted octanol–water partition coefficient (Wildman–Crippen LogP) is 0.105. The quantitative estimate of drug-likeness (QED) is 0.625. The summed E-state index contributed by atoms with van der Waals surface area (Å²) in [7, 11) is 0. The third-order valence-electron chi connectivity index (χ3n) is 0.916. The van der Waals surface area contributed by atoms with Gasteiger partial charge in [0.2, 0.25) is 0 Å². The number of rotatable bonds is 3. The van der Waals surface area contributed by atoms with Crippen LogP contribution >= 0.6 is 0 Å². The first-order valence-corrected chi connectivity index (χ1v) is 3.18. The molecule has 0 heterocycles. The first-order valence-electron chi connectivity index (χ1n) is 3.18. The molecule has 3 N–H and O–H groups in total. The van der Waals surface area contributed by atoms with Gasteiger partial charge in [-0.3, -0.25) is 4.79 Å². The normalized spacial score (nSPS) is 11.8. The van der Waals surface area contributed by atoms with Crippen molar-refractivity contribution in [2.24, 2.45) is 5.73 Å². The molecular weight excluding hydrogens is 154 g/mol. The molecule has 11 heavy (non-hydrogen) atoms. The van der Waals surface area contributed by atoms with E-state index in [1.165, 1.54) is 0 Å². The van der Waals surface area contributed by atoms with Crippen LogP contribution in [0, 0.1) is 0 Å². The van der Waals surface area contributed by atoms with Crippen LogP contribution in [0.5, 0.6) is 0 Å². The zero-order chi connectivity index (χ0) is 9.07. The van der Waals surface area contributed by atoms with Gasteiger partial charge in [0.05, 0.1) is 0 Å². The van der Waals surface area contributed by atoms with Crippen molar-refractivity contribution in [2.75, 3.05) is 6.54 Å². The Bertz CT molecular complexity index is 142. The summed E-state index contributed by atoms with van der Waals surface area (Å²) < 4.78 is 23.1. The van der Waals surface area contributed by atoms with E-state index in [1.54, 1.807) is 13.8 Å². The molecule has 0 saturated carbocycles. The van der Waals surface area contributed by atoms with Crippen LogP contribution in [0.1, 0.15) is 13.8 Å². The Balaban J connectivity index is 3.64. The third-order valence-corrected chi connectivity index (χ3v) is 0.916. The number of alkyl halides is 2. The molecule has 0 aromatic heterocycles. The van der Waals surface area contributed by atoms with E-state index in [2.05, 4.69) is 0 Å². The molecule has 0 radical (unpaired) electrons. The van der Waals surface area contributed by atoms with Crippen LogP contribution in [0.3, 0.4) is 0 Å². The summed E-state index contributed by atoms with van der Waals surface area (Å²) in [6, 6.07) is 0. The summed E-state index contributed by atoms with van der Waals surface area (Å²) in [5, 5.41) is 2.01. The largest absolute Gasteiger partial charge is 0.349 e. The second-order valence-electron chi connectivity index (χ2n) is 3.01. The molecule has 0 aliphatic heterocycles. The average Bonchev–Trinajstić information content (AvgIpc) is 1.80. The smallest absolute Gasteiger partial charge is 0.315 e. The number of carbonyl (C=O) groups is 1. The van der Waals surface area contributed by atoms with Crippen LogP contribution in [-0.2, 0) is 4.79 Å². The van der Waals surface area contributed by atoms with Crippen molar-refractivity contribution in [3.05, 3.63) is 0 Å². The minimum absolute atomic E-state index is 0.0518. The molecule has 1 amide bonds. The summed E-state index contributed by atoms with van der Waals surface area (Å²) in [6.45, 7) is 3.33. The lowest BCUT2D eigenvalue weighted by atomic mass is 10.1. The first kappa shape index (κ1) is 10.3. The van der Waals surface area contributed by atoms with E-state index in [9.17, 15) is 13.6 Å². The Labute approximate surface area is 63.9 Å². The zero-order valence-electron chi connectivity index (χ0n) is 6.53. The van der Waals surface area contributed by atoms with Gasteiger partial charge in [0, 0.05) is 12.1 Å². The van der Waals surface area contributed by atoms with Gasteiger partial charge in [-0.15, -0.1) is 0 Å². The Morgan fingerprint density at radius 1 is 1.64 bits per heavy atom. The average molecular weight is 166 g/mol. The molecule has 3 nitrogen and oxygen atoms in total. The topological polar surface area (TPSA) is 55.1 Å². The molecule has 0 fully saturated rings. The van der Waals surface area contributed by atoms with Gasteiger partial charge in [-0.05, 0) is 13.8 Å². The van der Waals surface area contributed by atoms with Crippen molar-refractivity contribution in [2.45, 2.75) is 25.8 Å². The molecule has 0 spiro atoms. The van der Waals surface area contributed by atoms with Gasteiger partial charge in [-0.25, -0.2) is 0 Å². The van der Waals surface area contributed by atoms with Crippen molar-refractivity contribution in [3.8, 4) is 0 Å². The Morgan fingerprint density at radius 3 is 2.36 bits per heavy atom. The molecule has 0 saturated heterocycles. The molecule has 0 aliphatic rings. The summed E-state index contributed by atoms with van der Waals surface area (Å²) in [4.78, 5) is 10.3. The highest BCUT2D eigenvalue weighted by Gasteiger charge is 2.18. The standard InChI is InChI=1S/C6H12F2N2O/c1-6(2,9)3-10-5(11)4(7)8/h4H,3,9H2,1-2H3,(H,10,11). The van der Waals surface area contributed by atoms with Crippen LogP contribution in [-0.4, -0.2) is 24.4 Å². The lowest BCUT2D eigenvalue weighted by molar-refractivity contribution is -0.131. The van der Waals surface area contributed by atoms with E-state index in [4.69, 9.17) is 5.73 Å². The van der Waals surface area contributed by atoms with Gasteiger partial charge in [-0.2, -0.15) is 8.78 Å². The maximum Gasteiger partial charge on any atom is 0.315 e. The predicted molar refractivity (Wildman–Crippen MR) is 37.3 cm³/mol. The Kier molecular flexibility index (Phi) is 3.38. The molecule has 0 aliphatic carbocycles. The summed E-state index contributed by atoms with van der Waals surface area (Å²) >= 11 is 0. The van der Waals surface area contributed by atoms with E-state index in [-0.39, 0.29) is 6.54 Å². The monoisotopic (exact) mass is 166 g/mol. The fourth-order valence-corrected chi connectivity index (χ4v) is 0.392. The number of nitrogens with one attached hydrogen (secondary N) is 1. The highest BCUT2D eigenvalue weighted by atomic mass is 19.3. The van der Waals surface area contributed by atoms with Gasteiger partial charge in [-0.1, -0.05) is 0 Å². The van der Waals surface area contributed by atoms with Crippen LogP contribution in [0.2, 0.25) is 0 Å². The molecular formula is C6H12F2N2O. The highest BCUT2D eigenvalue weighted by molar-refractivity contribution is 5.79. The summed E-state index contributed by atoms with van der Waals surface area (Å²) in [5.74, 6) is -1.27. The van der Waals surface area contributed by atoms with Gasteiger partial charge < -0.3 is 11.1 Å². The van der Waals surface area contributed by atoms with Crippen molar-refractivity contribution >= 4 is 5.91 Å². The van der Waals surface area contributed by atoms with E-state index in [1.807, 2.05) is 5.32 Å². The fourth-order valence-electron chi connectivity index (χ4n) is 0.392. The molecule has 0 atom stereocenters. The van der Waals surface area contributed by atoms with Crippen LogP contribution < -0.4 is 11.1 Å². The van der Waals surface area contributed by atoms with E-state index in [0.717, 1.165) is 0 Å². The molecule has 0 unspecified atom stereocenters. The summed E-state index contributed by atoms with van der Waals surface area (Å²) in [5.41, 5.74) is 4.78. The number of hydrogen-bond donors (Lipinski definition) is 2. The number of nitrogens with two attached hydrogens (primary N) is 1. The maximum atomic E-state index is 11.6. The van der Waals surface area contributed by atoms with Crippen molar-refractivity contribution in [1.29, 1.82) is 0 Å². The van der Waals surface area contributed by atoms with E-state index in [0.29, 0.717) is 0 Å². The SMILES string of the molecule is CC(C)(N)CNC(=O)C(F)F. The van der Waals surface area contributed by atoms with Gasteiger partial charge >= 0.3 is 6.43 Å². The lowest BCUT2D eigenvalue weighted by Crippen LogP contribution is -2.46. The molecule has 0 bridgehead atoms. The molecule has 66 valence electrons. The lowest BCUT2D eigenvalue weighted by Gasteiger charge is -2.18.